The average molecular weight is 185 g/mol. The van der Waals surface area contributed by atoms with Crippen molar-refractivity contribution in [3.8, 4) is 0 Å². The van der Waals surface area contributed by atoms with Gasteiger partial charge in [-0.1, -0.05) is 13.0 Å². The molecule has 0 fully saturated rings. The molecule has 0 N–H and O–H groups in total. The van der Waals surface area contributed by atoms with E-state index in [0.717, 1.165) is 19.6 Å². The summed E-state index contributed by atoms with van der Waals surface area (Å²) in [5, 5.41) is 0. The summed E-state index contributed by atoms with van der Waals surface area (Å²) >= 11 is 0. The SMILES string of the molecule is C=CCN(CCC)CCCCOC. The highest BCUT2D eigenvalue weighted by Crippen LogP contribution is 1.97. The lowest BCUT2D eigenvalue weighted by molar-refractivity contribution is 0.185. The summed E-state index contributed by atoms with van der Waals surface area (Å²) in [5.74, 6) is 0. The molecule has 0 radical (unpaired) electrons. The number of unbranched alkanes of at least 4 members (excludes halogenated alkanes) is 1. The molecule has 0 bridgehead atoms. The zero-order valence-corrected chi connectivity index (χ0v) is 9.09. The zero-order chi connectivity index (χ0) is 9.94. The van der Waals surface area contributed by atoms with Gasteiger partial charge >= 0.3 is 0 Å². The van der Waals surface area contributed by atoms with Crippen LogP contribution in [-0.4, -0.2) is 38.3 Å². The van der Waals surface area contributed by atoms with E-state index >= 15 is 0 Å². The third kappa shape index (κ3) is 8.00. The van der Waals surface area contributed by atoms with E-state index in [1.165, 1.54) is 25.9 Å². The van der Waals surface area contributed by atoms with Crippen molar-refractivity contribution in [2.45, 2.75) is 26.2 Å². The second-order valence-corrected chi connectivity index (χ2v) is 3.29. The summed E-state index contributed by atoms with van der Waals surface area (Å²) < 4.78 is 5.00. The van der Waals surface area contributed by atoms with Crippen LogP contribution in [0.25, 0.3) is 0 Å². The Bertz CT molecular complexity index is 115. The lowest BCUT2D eigenvalue weighted by atomic mass is 10.3. The van der Waals surface area contributed by atoms with Crippen LogP contribution in [0.15, 0.2) is 12.7 Å². The number of hydrogen-bond donors (Lipinski definition) is 0. The summed E-state index contributed by atoms with van der Waals surface area (Å²) in [6.45, 7) is 10.2. The van der Waals surface area contributed by atoms with Crippen LogP contribution in [0.5, 0.6) is 0 Å². The Labute approximate surface area is 82.6 Å². The van der Waals surface area contributed by atoms with Gasteiger partial charge in [-0.15, -0.1) is 6.58 Å². The molecule has 0 saturated carbocycles. The predicted octanol–water partition coefficient (Wildman–Crippen LogP) is 2.31. The van der Waals surface area contributed by atoms with Crippen molar-refractivity contribution in [2.24, 2.45) is 0 Å². The van der Waals surface area contributed by atoms with Gasteiger partial charge in [-0.25, -0.2) is 0 Å². The highest BCUT2D eigenvalue weighted by atomic mass is 16.5. The number of nitrogens with zero attached hydrogens (tertiary/aromatic N) is 1. The molecule has 0 atom stereocenters. The van der Waals surface area contributed by atoms with Crippen molar-refractivity contribution in [3.05, 3.63) is 12.7 Å². The molecule has 0 aliphatic rings. The van der Waals surface area contributed by atoms with Gasteiger partial charge in [0, 0.05) is 20.3 Å². The molecule has 0 aromatic carbocycles. The maximum atomic E-state index is 5.00. The highest BCUT2D eigenvalue weighted by Gasteiger charge is 1.99. The van der Waals surface area contributed by atoms with Gasteiger partial charge in [-0.2, -0.15) is 0 Å². The van der Waals surface area contributed by atoms with E-state index < -0.39 is 0 Å². The van der Waals surface area contributed by atoms with Crippen molar-refractivity contribution in [1.82, 2.24) is 4.90 Å². The van der Waals surface area contributed by atoms with Crippen molar-refractivity contribution in [2.75, 3.05) is 33.4 Å². The molecule has 2 heteroatoms. The maximum absolute atomic E-state index is 5.00. The minimum absolute atomic E-state index is 0.883. The van der Waals surface area contributed by atoms with Crippen molar-refractivity contribution in [3.63, 3.8) is 0 Å². The predicted molar refractivity (Wildman–Crippen MR) is 58.0 cm³/mol. The first-order valence-electron chi connectivity index (χ1n) is 5.17. The molecular formula is C11H23NO. The lowest BCUT2D eigenvalue weighted by Crippen LogP contribution is -2.25. The Hall–Kier alpha value is -0.340. The van der Waals surface area contributed by atoms with Crippen LogP contribution in [0.4, 0.5) is 0 Å². The third-order valence-corrected chi connectivity index (χ3v) is 2.00. The first-order chi connectivity index (χ1) is 6.35. The molecule has 0 rings (SSSR count). The zero-order valence-electron chi connectivity index (χ0n) is 9.09. The minimum atomic E-state index is 0.883. The van der Waals surface area contributed by atoms with E-state index in [1.54, 1.807) is 7.11 Å². The van der Waals surface area contributed by atoms with Crippen molar-refractivity contribution < 1.29 is 4.74 Å². The third-order valence-electron chi connectivity index (χ3n) is 2.00. The molecule has 0 aromatic rings. The molecule has 0 heterocycles. The van der Waals surface area contributed by atoms with Gasteiger partial charge in [0.2, 0.25) is 0 Å². The molecule has 13 heavy (non-hydrogen) atoms. The van der Waals surface area contributed by atoms with Crippen LogP contribution >= 0.6 is 0 Å². The molecule has 0 aliphatic carbocycles. The van der Waals surface area contributed by atoms with Gasteiger partial charge in [0.25, 0.3) is 0 Å². The molecular weight excluding hydrogens is 162 g/mol. The number of methoxy groups -OCH3 is 1. The molecule has 0 unspecified atom stereocenters. The Morgan fingerprint density at radius 3 is 2.62 bits per heavy atom. The van der Waals surface area contributed by atoms with Gasteiger partial charge < -0.3 is 4.74 Å². The van der Waals surface area contributed by atoms with Gasteiger partial charge in [-0.3, -0.25) is 4.90 Å². The van der Waals surface area contributed by atoms with Gasteiger partial charge in [0.05, 0.1) is 0 Å². The van der Waals surface area contributed by atoms with Crippen molar-refractivity contribution >= 4 is 0 Å². The van der Waals surface area contributed by atoms with Crippen LogP contribution in [-0.2, 0) is 4.74 Å². The fraction of sp³-hybridized carbons (Fsp3) is 0.818. The standard InChI is InChI=1S/C11H23NO/c1-4-8-12(9-5-2)10-6-7-11-13-3/h4H,1,5-11H2,2-3H3. The van der Waals surface area contributed by atoms with E-state index in [2.05, 4.69) is 18.4 Å². The Morgan fingerprint density at radius 2 is 2.08 bits per heavy atom. The highest BCUT2D eigenvalue weighted by molar-refractivity contribution is 4.72. The molecule has 0 saturated heterocycles. The monoisotopic (exact) mass is 185 g/mol. The van der Waals surface area contributed by atoms with Gasteiger partial charge in [0.15, 0.2) is 0 Å². The van der Waals surface area contributed by atoms with Crippen LogP contribution < -0.4 is 0 Å². The number of ether oxygens (including phenoxy) is 1. The Morgan fingerprint density at radius 1 is 1.31 bits per heavy atom. The first-order valence-corrected chi connectivity index (χ1v) is 5.17. The molecule has 0 aliphatic heterocycles. The maximum Gasteiger partial charge on any atom is 0.0462 e. The smallest absolute Gasteiger partial charge is 0.0462 e. The van der Waals surface area contributed by atoms with E-state index in [4.69, 9.17) is 4.74 Å². The molecule has 0 spiro atoms. The topological polar surface area (TPSA) is 12.5 Å². The second-order valence-electron chi connectivity index (χ2n) is 3.29. The van der Waals surface area contributed by atoms with Crippen molar-refractivity contribution in [1.29, 1.82) is 0 Å². The quantitative estimate of drug-likeness (QED) is 0.404. The van der Waals surface area contributed by atoms with E-state index in [-0.39, 0.29) is 0 Å². The van der Waals surface area contributed by atoms with Gasteiger partial charge in [0.1, 0.15) is 0 Å². The fourth-order valence-electron chi connectivity index (χ4n) is 1.37. The Kier molecular flexibility index (Phi) is 9.49. The van der Waals surface area contributed by atoms with Crippen LogP contribution in [0.2, 0.25) is 0 Å². The average Bonchev–Trinajstić information content (AvgIpc) is 2.13. The minimum Gasteiger partial charge on any atom is -0.385 e. The second kappa shape index (κ2) is 9.75. The summed E-state index contributed by atoms with van der Waals surface area (Å²) in [5.41, 5.74) is 0. The first kappa shape index (κ1) is 12.7. The fourth-order valence-corrected chi connectivity index (χ4v) is 1.37. The Balaban J connectivity index is 3.38. The lowest BCUT2D eigenvalue weighted by Gasteiger charge is -2.19. The van der Waals surface area contributed by atoms with E-state index in [1.807, 2.05) is 6.08 Å². The molecule has 0 amide bonds. The number of hydrogen-bond acceptors (Lipinski definition) is 2. The van der Waals surface area contributed by atoms with Crippen LogP contribution in [0, 0.1) is 0 Å². The summed E-state index contributed by atoms with van der Waals surface area (Å²) in [4.78, 5) is 2.43. The van der Waals surface area contributed by atoms with E-state index in [0.29, 0.717) is 0 Å². The summed E-state index contributed by atoms with van der Waals surface area (Å²) in [6, 6.07) is 0. The molecule has 0 aromatic heterocycles. The number of rotatable bonds is 9. The van der Waals surface area contributed by atoms with Crippen LogP contribution in [0.3, 0.4) is 0 Å². The van der Waals surface area contributed by atoms with E-state index in [9.17, 15) is 0 Å². The molecule has 2 nitrogen and oxygen atoms in total. The largest absolute Gasteiger partial charge is 0.385 e. The van der Waals surface area contributed by atoms with Gasteiger partial charge in [-0.05, 0) is 32.4 Å². The normalized spacial score (nSPS) is 10.7. The van der Waals surface area contributed by atoms with Crippen LogP contribution in [0.1, 0.15) is 26.2 Å². The summed E-state index contributed by atoms with van der Waals surface area (Å²) in [6.07, 6.45) is 5.58. The summed E-state index contributed by atoms with van der Waals surface area (Å²) in [7, 11) is 1.76. The molecule has 78 valence electrons.